The van der Waals surface area contributed by atoms with E-state index < -0.39 is 0 Å². The van der Waals surface area contributed by atoms with Crippen LogP contribution in [0.4, 0.5) is 0 Å². The van der Waals surface area contributed by atoms with Gasteiger partial charge in [-0.1, -0.05) is 42.5 Å². The lowest BCUT2D eigenvalue weighted by atomic mass is 10.1. The van der Waals surface area contributed by atoms with Gasteiger partial charge in [-0.05, 0) is 23.3 Å². The fraction of sp³-hybridized carbons (Fsp3) is 0.188. The van der Waals surface area contributed by atoms with Crippen LogP contribution >= 0.6 is 11.8 Å². The first-order valence-corrected chi connectivity index (χ1v) is 7.32. The number of rotatable bonds is 3. The van der Waals surface area contributed by atoms with Crippen LogP contribution < -0.4 is 0 Å². The van der Waals surface area contributed by atoms with Crippen molar-refractivity contribution in [3.05, 3.63) is 65.7 Å². The third kappa shape index (κ3) is 2.99. The highest BCUT2D eigenvalue weighted by molar-refractivity contribution is 8.14. The summed E-state index contributed by atoms with van der Waals surface area (Å²) in [5, 5.41) is 10.5. The van der Waals surface area contributed by atoms with Gasteiger partial charge >= 0.3 is 0 Å². The largest absolute Gasteiger partial charge is 0.508 e. The minimum atomic E-state index is 0.290. The van der Waals surface area contributed by atoms with Crippen molar-refractivity contribution < 1.29 is 5.11 Å². The van der Waals surface area contributed by atoms with E-state index in [1.54, 1.807) is 12.1 Å². The number of nitrogens with zero attached hydrogens (tertiary/aromatic N) is 1. The van der Waals surface area contributed by atoms with E-state index in [1.165, 1.54) is 16.2 Å². The second-order valence-corrected chi connectivity index (χ2v) is 5.70. The summed E-state index contributed by atoms with van der Waals surface area (Å²) in [5.74, 6) is 1.34. The molecule has 0 amide bonds. The third-order valence-corrected chi connectivity index (χ3v) is 4.25. The Morgan fingerprint density at radius 2 is 1.79 bits per heavy atom. The summed E-state index contributed by atoms with van der Waals surface area (Å²) < 4.78 is 0. The van der Waals surface area contributed by atoms with Crippen LogP contribution in [0.2, 0.25) is 0 Å². The van der Waals surface area contributed by atoms with Crippen molar-refractivity contribution in [2.75, 3.05) is 5.75 Å². The Morgan fingerprint density at radius 3 is 2.53 bits per heavy atom. The van der Waals surface area contributed by atoms with Gasteiger partial charge in [0.2, 0.25) is 0 Å². The van der Waals surface area contributed by atoms with Crippen LogP contribution in [0.5, 0.6) is 5.75 Å². The fourth-order valence-corrected chi connectivity index (χ4v) is 3.24. The molecule has 0 radical (unpaired) electrons. The number of phenolic OH excluding ortho intramolecular Hbond substituents is 1. The molecule has 0 saturated heterocycles. The number of hydrogen-bond acceptors (Lipinski definition) is 3. The summed E-state index contributed by atoms with van der Waals surface area (Å²) in [4.78, 5) is 4.79. The zero-order valence-corrected chi connectivity index (χ0v) is 11.3. The average Bonchev–Trinajstić information content (AvgIpc) is 2.91. The number of hydrogen-bond donors (Lipinski definition) is 1. The molecule has 3 heteroatoms. The molecule has 19 heavy (non-hydrogen) atoms. The first kappa shape index (κ1) is 12.3. The molecule has 1 atom stereocenters. The van der Waals surface area contributed by atoms with Gasteiger partial charge in [0, 0.05) is 12.2 Å². The van der Waals surface area contributed by atoms with Crippen LogP contribution in [0, 0.1) is 0 Å². The van der Waals surface area contributed by atoms with Crippen molar-refractivity contribution in [3.63, 3.8) is 0 Å². The Kier molecular flexibility index (Phi) is 3.56. The quantitative estimate of drug-likeness (QED) is 0.918. The van der Waals surface area contributed by atoms with E-state index in [9.17, 15) is 5.11 Å². The Morgan fingerprint density at radius 1 is 1.05 bits per heavy atom. The summed E-state index contributed by atoms with van der Waals surface area (Å²) in [6, 6.07) is 18.1. The maximum Gasteiger partial charge on any atom is 0.115 e. The Bertz CT molecular complexity index is 577. The second kappa shape index (κ2) is 5.49. The number of thioether (sulfide) groups is 1. The molecule has 0 fully saturated rings. The normalized spacial score (nSPS) is 18.3. The van der Waals surface area contributed by atoms with Crippen LogP contribution in [0.1, 0.15) is 17.2 Å². The molecule has 0 aliphatic carbocycles. The van der Waals surface area contributed by atoms with Gasteiger partial charge < -0.3 is 5.11 Å². The Labute approximate surface area is 117 Å². The molecule has 2 aromatic carbocycles. The standard InChI is InChI=1S/C16H15NOS/c18-14-8-6-12(7-9-14)10-16-17-15(11-19-16)13-4-2-1-3-5-13/h1-9,15,18H,10-11H2. The second-order valence-electron chi connectivity index (χ2n) is 4.60. The highest BCUT2D eigenvalue weighted by Crippen LogP contribution is 2.31. The molecule has 3 rings (SSSR count). The Hall–Kier alpha value is -1.74. The molecular weight excluding hydrogens is 254 g/mol. The summed E-state index contributed by atoms with van der Waals surface area (Å²) >= 11 is 1.83. The number of aromatic hydroxyl groups is 1. The van der Waals surface area contributed by atoms with E-state index in [0.717, 1.165) is 12.2 Å². The van der Waals surface area contributed by atoms with E-state index in [2.05, 4.69) is 24.3 Å². The van der Waals surface area contributed by atoms with E-state index in [4.69, 9.17) is 4.99 Å². The molecule has 96 valence electrons. The van der Waals surface area contributed by atoms with Crippen molar-refractivity contribution in [2.24, 2.45) is 4.99 Å². The van der Waals surface area contributed by atoms with Gasteiger partial charge in [0.15, 0.2) is 0 Å². The van der Waals surface area contributed by atoms with Gasteiger partial charge in [-0.15, -0.1) is 11.8 Å². The van der Waals surface area contributed by atoms with Crippen LogP contribution in [-0.4, -0.2) is 15.9 Å². The predicted octanol–water partition coefficient (Wildman–Crippen LogP) is 3.82. The van der Waals surface area contributed by atoms with Crippen molar-refractivity contribution in [1.82, 2.24) is 0 Å². The van der Waals surface area contributed by atoms with Crippen molar-refractivity contribution in [2.45, 2.75) is 12.5 Å². The van der Waals surface area contributed by atoms with Crippen LogP contribution in [-0.2, 0) is 6.42 Å². The van der Waals surface area contributed by atoms with E-state index >= 15 is 0 Å². The maximum absolute atomic E-state index is 9.27. The number of aliphatic imine (C=N–C) groups is 1. The highest BCUT2D eigenvalue weighted by atomic mass is 32.2. The van der Waals surface area contributed by atoms with Crippen LogP contribution in [0.25, 0.3) is 0 Å². The summed E-state index contributed by atoms with van der Waals surface area (Å²) in [6.45, 7) is 0. The monoisotopic (exact) mass is 269 g/mol. The maximum atomic E-state index is 9.27. The van der Waals surface area contributed by atoms with Gasteiger partial charge in [-0.3, -0.25) is 4.99 Å². The van der Waals surface area contributed by atoms with Crippen LogP contribution in [0.3, 0.4) is 0 Å². The van der Waals surface area contributed by atoms with Crippen molar-refractivity contribution in [1.29, 1.82) is 0 Å². The van der Waals surface area contributed by atoms with Gasteiger partial charge in [0.25, 0.3) is 0 Å². The molecular formula is C16H15NOS. The van der Waals surface area contributed by atoms with Gasteiger partial charge in [-0.2, -0.15) is 0 Å². The lowest BCUT2D eigenvalue weighted by molar-refractivity contribution is 0.475. The number of benzene rings is 2. The van der Waals surface area contributed by atoms with Crippen molar-refractivity contribution >= 4 is 16.8 Å². The lowest BCUT2D eigenvalue weighted by Gasteiger charge is -2.04. The summed E-state index contributed by atoms with van der Waals surface area (Å²) in [6.07, 6.45) is 0.855. The molecule has 0 bridgehead atoms. The summed E-state index contributed by atoms with van der Waals surface area (Å²) in [5.41, 5.74) is 2.48. The van der Waals surface area contributed by atoms with Gasteiger partial charge in [0.1, 0.15) is 5.75 Å². The smallest absolute Gasteiger partial charge is 0.115 e. The zero-order chi connectivity index (χ0) is 13.1. The molecule has 1 aliphatic rings. The predicted molar refractivity (Wildman–Crippen MR) is 80.9 cm³/mol. The molecule has 2 aromatic rings. The molecule has 1 N–H and O–H groups in total. The van der Waals surface area contributed by atoms with E-state index in [0.29, 0.717) is 11.8 Å². The first-order chi connectivity index (χ1) is 9.31. The minimum Gasteiger partial charge on any atom is -0.508 e. The molecule has 1 heterocycles. The summed E-state index contributed by atoms with van der Waals surface area (Å²) in [7, 11) is 0. The average molecular weight is 269 g/mol. The minimum absolute atomic E-state index is 0.290. The number of phenols is 1. The topological polar surface area (TPSA) is 32.6 Å². The Balaban J connectivity index is 1.72. The molecule has 2 nitrogen and oxygen atoms in total. The lowest BCUT2D eigenvalue weighted by Crippen LogP contribution is -1.94. The fourth-order valence-electron chi connectivity index (χ4n) is 2.15. The first-order valence-electron chi connectivity index (χ1n) is 6.33. The zero-order valence-electron chi connectivity index (χ0n) is 10.5. The van der Waals surface area contributed by atoms with Gasteiger partial charge in [-0.25, -0.2) is 0 Å². The molecule has 0 saturated carbocycles. The van der Waals surface area contributed by atoms with Crippen LogP contribution in [0.15, 0.2) is 59.6 Å². The molecule has 0 aromatic heterocycles. The molecule has 1 aliphatic heterocycles. The molecule has 0 spiro atoms. The highest BCUT2D eigenvalue weighted by Gasteiger charge is 2.19. The third-order valence-electron chi connectivity index (χ3n) is 3.18. The van der Waals surface area contributed by atoms with E-state index in [-0.39, 0.29) is 0 Å². The van der Waals surface area contributed by atoms with Crippen molar-refractivity contribution in [3.8, 4) is 5.75 Å². The van der Waals surface area contributed by atoms with E-state index in [1.807, 2.05) is 30.0 Å². The SMILES string of the molecule is Oc1ccc(CC2=NC(c3ccccc3)CS2)cc1. The van der Waals surface area contributed by atoms with Gasteiger partial charge in [0.05, 0.1) is 11.1 Å². The molecule has 1 unspecified atom stereocenters.